The molecule has 0 aromatic heterocycles. The topological polar surface area (TPSA) is 82.8 Å². The molecule has 3 N–H and O–H groups in total. The second-order valence-electron chi connectivity index (χ2n) is 5.42. The minimum Gasteiger partial charge on any atom is -0.495 e. The highest BCUT2D eigenvalue weighted by molar-refractivity contribution is 6.32. The molecule has 2 aromatic carbocycles. The van der Waals surface area contributed by atoms with Crippen LogP contribution in [0.1, 0.15) is 11.1 Å². The third-order valence-electron chi connectivity index (χ3n) is 3.49. The van der Waals surface area contributed by atoms with Gasteiger partial charge in [-0.15, -0.1) is 0 Å². The van der Waals surface area contributed by atoms with Crippen LogP contribution < -0.4 is 25.3 Å². The number of anilines is 1. The van der Waals surface area contributed by atoms with Crippen molar-refractivity contribution in [1.29, 1.82) is 0 Å². The number of nitrogens with one attached hydrogen (secondary N) is 1. The molecule has 6 nitrogen and oxygen atoms in total. The summed E-state index contributed by atoms with van der Waals surface area (Å²) in [5, 5.41) is 3.66. The largest absolute Gasteiger partial charge is 0.495 e. The zero-order valence-corrected chi connectivity index (χ0v) is 15.1. The van der Waals surface area contributed by atoms with Gasteiger partial charge in [0, 0.05) is 6.54 Å². The van der Waals surface area contributed by atoms with Gasteiger partial charge in [-0.2, -0.15) is 0 Å². The van der Waals surface area contributed by atoms with Crippen LogP contribution in [0.3, 0.4) is 0 Å². The lowest BCUT2D eigenvalue weighted by atomic mass is 10.1. The molecule has 2 rings (SSSR count). The van der Waals surface area contributed by atoms with Crippen molar-refractivity contribution < 1.29 is 19.0 Å². The number of carbonyl (C=O) groups excluding carboxylic acids is 1. The Balaban J connectivity index is 2.19. The first-order valence-electron chi connectivity index (χ1n) is 7.60. The van der Waals surface area contributed by atoms with E-state index in [0.717, 1.165) is 22.6 Å². The average molecular weight is 365 g/mol. The van der Waals surface area contributed by atoms with Crippen molar-refractivity contribution in [1.82, 2.24) is 0 Å². The fourth-order valence-electron chi connectivity index (χ4n) is 2.32. The summed E-state index contributed by atoms with van der Waals surface area (Å²) in [7, 11) is 3.13. The molecule has 0 heterocycles. The second kappa shape index (κ2) is 8.48. The van der Waals surface area contributed by atoms with E-state index in [1.165, 1.54) is 7.11 Å². The molecule has 7 heteroatoms. The summed E-state index contributed by atoms with van der Waals surface area (Å²) in [4.78, 5) is 10.9. The van der Waals surface area contributed by atoms with Gasteiger partial charge >= 0.3 is 0 Å². The standard InChI is InChI=1S/C18H21ClN2O4/c1-11-4-5-15(23-2)14(6-11)21-9-12-7-13(19)18(16(8-12)24-3)25-10-17(20)22/h4-8,21H,9-10H2,1-3H3,(H2,20,22). The molecule has 0 aliphatic carbocycles. The van der Waals surface area contributed by atoms with Gasteiger partial charge in [0.15, 0.2) is 18.1 Å². The van der Waals surface area contributed by atoms with Gasteiger partial charge < -0.3 is 25.3 Å². The number of ether oxygens (including phenoxy) is 3. The van der Waals surface area contributed by atoms with Crippen LogP contribution in [0, 0.1) is 6.92 Å². The predicted molar refractivity (Wildman–Crippen MR) is 97.8 cm³/mol. The van der Waals surface area contributed by atoms with E-state index in [1.807, 2.05) is 25.1 Å². The quantitative estimate of drug-likeness (QED) is 0.751. The Hall–Kier alpha value is -2.60. The lowest BCUT2D eigenvalue weighted by Gasteiger charge is -2.15. The number of nitrogens with two attached hydrogens (primary N) is 1. The molecule has 0 radical (unpaired) electrons. The number of benzene rings is 2. The summed E-state index contributed by atoms with van der Waals surface area (Å²) in [5.41, 5.74) is 7.98. The lowest BCUT2D eigenvalue weighted by Crippen LogP contribution is -2.20. The zero-order chi connectivity index (χ0) is 18.4. The van der Waals surface area contributed by atoms with Crippen LogP contribution in [-0.4, -0.2) is 26.7 Å². The van der Waals surface area contributed by atoms with E-state index >= 15 is 0 Å². The SMILES string of the molecule is COc1ccc(C)cc1NCc1cc(Cl)c(OCC(N)=O)c(OC)c1. The molecule has 0 fully saturated rings. The molecule has 2 aromatic rings. The van der Waals surface area contributed by atoms with E-state index in [1.54, 1.807) is 19.2 Å². The molecular formula is C18H21ClN2O4. The minimum absolute atomic E-state index is 0.270. The van der Waals surface area contributed by atoms with Gasteiger partial charge in [-0.25, -0.2) is 0 Å². The van der Waals surface area contributed by atoms with Crippen molar-refractivity contribution in [3.8, 4) is 17.2 Å². The van der Waals surface area contributed by atoms with Gasteiger partial charge in [0.05, 0.1) is 24.9 Å². The normalized spacial score (nSPS) is 10.2. The summed E-state index contributed by atoms with van der Waals surface area (Å²) in [6.07, 6.45) is 0. The van der Waals surface area contributed by atoms with Crippen molar-refractivity contribution in [3.63, 3.8) is 0 Å². The molecule has 0 unspecified atom stereocenters. The molecule has 134 valence electrons. The number of carbonyl (C=O) groups is 1. The maximum absolute atomic E-state index is 10.9. The number of hydrogen-bond donors (Lipinski definition) is 2. The maximum Gasteiger partial charge on any atom is 0.255 e. The van der Waals surface area contributed by atoms with E-state index in [0.29, 0.717) is 23.1 Å². The minimum atomic E-state index is -0.588. The van der Waals surface area contributed by atoms with E-state index in [-0.39, 0.29) is 6.61 Å². The number of primary amides is 1. The van der Waals surface area contributed by atoms with Crippen LogP contribution in [0.5, 0.6) is 17.2 Å². The van der Waals surface area contributed by atoms with Gasteiger partial charge in [0.25, 0.3) is 5.91 Å². The van der Waals surface area contributed by atoms with Crippen molar-refractivity contribution in [2.24, 2.45) is 5.73 Å². The highest BCUT2D eigenvalue weighted by atomic mass is 35.5. The first-order chi connectivity index (χ1) is 11.9. The first kappa shape index (κ1) is 18.7. The molecule has 25 heavy (non-hydrogen) atoms. The van der Waals surface area contributed by atoms with Crippen LogP contribution in [0.25, 0.3) is 0 Å². The summed E-state index contributed by atoms with van der Waals surface area (Å²) in [6, 6.07) is 9.43. The smallest absolute Gasteiger partial charge is 0.255 e. The Morgan fingerprint density at radius 2 is 1.88 bits per heavy atom. The highest BCUT2D eigenvalue weighted by Crippen LogP contribution is 2.37. The molecule has 0 bridgehead atoms. The Kier molecular flexibility index (Phi) is 6.36. The highest BCUT2D eigenvalue weighted by Gasteiger charge is 2.13. The number of methoxy groups -OCH3 is 2. The Morgan fingerprint density at radius 1 is 1.16 bits per heavy atom. The summed E-state index contributed by atoms with van der Waals surface area (Å²) in [6.45, 7) is 2.25. The fourth-order valence-corrected chi connectivity index (χ4v) is 2.60. The number of hydrogen-bond acceptors (Lipinski definition) is 5. The van der Waals surface area contributed by atoms with Crippen molar-refractivity contribution >= 4 is 23.2 Å². The fraction of sp³-hybridized carbons (Fsp3) is 0.278. The third-order valence-corrected chi connectivity index (χ3v) is 3.77. The van der Waals surface area contributed by atoms with E-state index in [2.05, 4.69) is 5.32 Å². The summed E-state index contributed by atoms with van der Waals surface area (Å²) >= 11 is 6.25. The predicted octanol–water partition coefficient (Wildman–Crippen LogP) is 3.14. The van der Waals surface area contributed by atoms with E-state index in [4.69, 9.17) is 31.5 Å². The van der Waals surface area contributed by atoms with Crippen molar-refractivity contribution in [2.45, 2.75) is 13.5 Å². The number of halogens is 1. The maximum atomic E-state index is 10.9. The van der Waals surface area contributed by atoms with Crippen LogP contribution in [-0.2, 0) is 11.3 Å². The second-order valence-corrected chi connectivity index (χ2v) is 5.83. The molecule has 1 amide bonds. The van der Waals surface area contributed by atoms with Crippen LogP contribution in [0.4, 0.5) is 5.69 Å². The molecule has 0 spiro atoms. The lowest BCUT2D eigenvalue weighted by molar-refractivity contribution is -0.119. The number of aryl methyl sites for hydroxylation is 1. The van der Waals surface area contributed by atoms with E-state index < -0.39 is 5.91 Å². The van der Waals surface area contributed by atoms with Crippen LogP contribution >= 0.6 is 11.6 Å². The summed E-state index contributed by atoms with van der Waals surface area (Å²) < 4.78 is 16.0. The molecular weight excluding hydrogens is 344 g/mol. The third kappa shape index (κ3) is 4.93. The Morgan fingerprint density at radius 3 is 2.52 bits per heavy atom. The van der Waals surface area contributed by atoms with Gasteiger partial charge in [-0.1, -0.05) is 17.7 Å². The molecule has 0 saturated carbocycles. The molecule has 0 aliphatic rings. The number of rotatable bonds is 8. The zero-order valence-electron chi connectivity index (χ0n) is 14.4. The first-order valence-corrected chi connectivity index (χ1v) is 7.98. The van der Waals surface area contributed by atoms with Crippen molar-refractivity contribution in [2.75, 3.05) is 26.1 Å². The molecule has 0 atom stereocenters. The van der Waals surface area contributed by atoms with Crippen molar-refractivity contribution in [3.05, 3.63) is 46.5 Å². The van der Waals surface area contributed by atoms with Gasteiger partial charge in [0.1, 0.15) is 5.75 Å². The monoisotopic (exact) mass is 364 g/mol. The number of amides is 1. The van der Waals surface area contributed by atoms with E-state index in [9.17, 15) is 4.79 Å². The van der Waals surface area contributed by atoms with Crippen LogP contribution in [0.2, 0.25) is 5.02 Å². The van der Waals surface area contributed by atoms with Gasteiger partial charge in [0.2, 0.25) is 0 Å². The van der Waals surface area contributed by atoms with Gasteiger partial charge in [-0.3, -0.25) is 4.79 Å². The van der Waals surface area contributed by atoms with Crippen LogP contribution in [0.15, 0.2) is 30.3 Å². The molecule has 0 aliphatic heterocycles. The Bertz CT molecular complexity index is 765. The van der Waals surface area contributed by atoms with Gasteiger partial charge in [-0.05, 0) is 42.3 Å². The summed E-state index contributed by atoms with van der Waals surface area (Å²) in [5.74, 6) is 0.891. The Labute approximate surface area is 151 Å². The molecule has 0 saturated heterocycles. The average Bonchev–Trinajstić information content (AvgIpc) is 2.58.